The van der Waals surface area contributed by atoms with Crippen LogP contribution >= 0.6 is 0 Å². The van der Waals surface area contributed by atoms with Crippen molar-refractivity contribution in [3.63, 3.8) is 0 Å². The number of ether oxygens (including phenoxy) is 2. The van der Waals surface area contributed by atoms with E-state index >= 15 is 4.39 Å². The molecule has 2 saturated carbocycles. The van der Waals surface area contributed by atoms with E-state index in [1.165, 1.54) is 30.0 Å². The largest absolute Gasteiger partial charge is 0.489 e. The molecule has 0 bridgehead atoms. The second-order valence-corrected chi connectivity index (χ2v) is 22.6. The van der Waals surface area contributed by atoms with Gasteiger partial charge in [-0.2, -0.15) is 9.37 Å². The second kappa shape index (κ2) is 17.6. The van der Waals surface area contributed by atoms with Crippen molar-refractivity contribution < 1.29 is 36.4 Å². The maximum absolute atomic E-state index is 15.5. The smallest absolute Gasteiger partial charge is 0.297 e. The molecule has 5 aromatic rings. The van der Waals surface area contributed by atoms with Crippen molar-refractivity contribution in [3.8, 4) is 17.2 Å². The maximum Gasteiger partial charge on any atom is 0.297 e. The van der Waals surface area contributed by atoms with Crippen molar-refractivity contribution in [2.75, 3.05) is 36.5 Å². The van der Waals surface area contributed by atoms with Crippen LogP contribution in [-0.4, -0.2) is 72.4 Å². The normalized spacial score (nSPS) is 21.8. The zero-order chi connectivity index (χ0) is 47.7. The number of sulfonamides is 1. The molecule has 1 amide bonds. The number of anilines is 2. The molecule has 17 heteroatoms. The third-order valence-corrected chi connectivity index (χ3v) is 17.0. The number of nitro groups is 1. The Hall–Kier alpha value is -5.81. The highest BCUT2D eigenvalue weighted by Crippen LogP contribution is 2.54. The number of carbonyl (C=O) groups excluding carboxylic acids is 1. The summed E-state index contributed by atoms with van der Waals surface area (Å²) in [7, 11) is -4.77. The van der Waals surface area contributed by atoms with Crippen LogP contribution in [0.1, 0.15) is 125 Å². The average molecular weight is 952 g/mol. The van der Waals surface area contributed by atoms with Gasteiger partial charge in [-0.15, -0.1) is 0 Å². The summed E-state index contributed by atoms with van der Waals surface area (Å²) in [5.74, 6) is -2.92. The molecule has 2 aliphatic carbocycles. The number of rotatable bonds is 11. The Morgan fingerprint density at radius 2 is 1.74 bits per heavy atom. The number of nitro benzene ring substituents is 1. The molecule has 14 nitrogen and oxygen atoms in total. The number of nitrogens with one attached hydrogen (secondary N) is 3. The summed E-state index contributed by atoms with van der Waals surface area (Å²) >= 11 is 0. The molecule has 5 aliphatic rings. The van der Waals surface area contributed by atoms with Gasteiger partial charge in [-0.3, -0.25) is 19.8 Å². The van der Waals surface area contributed by atoms with E-state index in [-0.39, 0.29) is 63.2 Å². The number of carbonyl (C=O) groups is 1. The summed E-state index contributed by atoms with van der Waals surface area (Å²) in [6, 6.07) is 17.5. The Kier molecular flexibility index (Phi) is 11.9. The first-order valence-corrected chi connectivity index (χ1v) is 25.5. The predicted molar refractivity (Wildman–Crippen MR) is 255 cm³/mol. The van der Waals surface area contributed by atoms with Crippen molar-refractivity contribution in [3.05, 3.63) is 105 Å². The molecule has 3 N–H and O–H groups in total. The van der Waals surface area contributed by atoms with E-state index in [0.717, 1.165) is 95.4 Å². The number of likely N-dealkylation sites (tertiary alicyclic amines) is 1. The van der Waals surface area contributed by atoms with Gasteiger partial charge in [0.25, 0.3) is 27.6 Å². The average Bonchev–Trinajstić information content (AvgIpc) is 3.93. The molecular formula is C51H59F2N7O7S. The van der Waals surface area contributed by atoms with Gasteiger partial charge in [0.15, 0.2) is 17.2 Å². The summed E-state index contributed by atoms with van der Waals surface area (Å²) in [5.41, 5.74) is 3.25. The number of amides is 1. The van der Waals surface area contributed by atoms with Crippen LogP contribution in [-0.2, 0) is 10.0 Å². The number of piperidine rings is 1. The van der Waals surface area contributed by atoms with Crippen LogP contribution < -0.4 is 24.4 Å². The molecule has 0 unspecified atom stereocenters. The van der Waals surface area contributed by atoms with Crippen molar-refractivity contribution in [2.24, 2.45) is 16.7 Å². The lowest BCUT2D eigenvalue weighted by Gasteiger charge is -2.56. The summed E-state index contributed by atoms with van der Waals surface area (Å²) in [5, 5.41) is 15.6. The van der Waals surface area contributed by atoms with Gasteiger partial charge < -0.3 is 24.7 Å². The van der Waals surface area contributed by atoms with Crippen LogP contribution in [0.15, 0.2) is 71.8 Å². The maximum atomic E-state index is 15.5. The topological polar surface area (TPSA) is 172 Å². The molecule has 2 atom stereocenters. The third-order valence-electron chi connectivity index (χ3n) is 15.7. The fraction of sp³-hybridized carbons (Fsp3) is 0.490. The minimum atomic E-state index is -4.77. The quantitative estimate of drug-likeness (QED) is 0.0654. The van der Waals surface area contributed by atoms with E-state index in [0.29, 0.717) is 23.7 Å². The highest BCUT2D eigenvalue weighted by Gasteiger charge is 2.50. The number of aromatic nitrogens is 2. The van der Waals surface area contributed by atoms with E-state index in [1.807, 2.05) is 4.72 Å². The van der Waals surface area contributed by atoms with Crippen molar-refractivity contribution in [1.82, 2.24) is 19.6 Å². The van der Waals surface area contributed by atoms with Crippen molar-refractivity contribution >= 4 is 44.0 Å². The fourth-order valence-corrected chi connectivity index (χ4v) is 12.7. The zero-order valence-corrected chi connectivity index (χ0v) is 39.8. The molecular weight excluding hydrogens is 893 g/mol. The number of pyridine rings is 1. The minimum Gasteiger partial charge on any atom is -0.489 e. The molecule has 2 aromatic heterocycles. The Morgan fingerprint density at radius 1 is 0.985 bits per heavy atom. The Bertz CT molecular complexity index is 2880. The molecule has 360 valence electrons. The third kappa shape index (κ3) is 8.76. The van der Waals surface area contributed by atoms with Crippen LogP contribution in [0.2, 0.25) is 0 Å². The van der Waals surface area contributed by atoms with E-state index in [1.54, 1.807) is 12.1 Å². The van der Waals surface area contributed by atoms with Crippen LogP contribution in [0.4, 0.5) is 25.8 Å². The standard InChI is InChI=1S/C51H59F2N7O7S/c1-30(2)35-8-5-6-9-36(35)41-10-7-19-59(41)33-26-51(27-33)17-20-58(21-18-51)32-11-12-37(43(22-32)67-45-25-38-39(52)28-54-48(38)56-47(45)53)49(61)57-68(64,65)34-23-42(60(62)63)46-44(24-34)66-29-40(55-46)31-13-15-50(3,4)16-14-31/h5-6,8-9,11-12,22-25,28,30-31,33,40-41,55H,7,10,13-21,26-27,29H2,1-4H3,(H,54,56)(H,57,61)/t40-,41+/m1/s1. The number of hydrogen-bond donors (Lipinski definition) is 3. The fourth-order valence-electron chi connectivity index (χ4n) is 11.7. The number of fused-ring (bicyclic) bond motifs is 2. The lowest BCUT2D eigenvalue weighted by Crippen LogP contribution is -2.54. The molecule has 10 rings (SSSR count). The van der Waals surface area contributed by atoms with Gasteiger partial charge in [-0.1, -0.05) is 52.0 Å². The van der Waals surface area contributed by atoms with E-state index < -0.39 is 49.0 Å². The van der Waals surface area contributed by atoms with Crippen LogP contribution in [0.3, 0.4) is 0 Å². The van der Waals surface area contributed by atoms with Crippen LogP contribution in [0.25, 0.3) is 11.0 Å². The lowest BCUT2D eigenvalue weighted by atomic mass is 9.59. The number of hydrogen-bond acceptors (Lipinski definition) is 11. The first-order valence-electron chi connectivity index (χ1n) is 24.0. The Labute approximate surface area is 395 Å². The first kappa shape index (κ1) is 45.9. The van der Waals surface area contributed by atoms with Gasteiger partial charge >= 0.3 is 0 Å². The predicted octanol–water partition coefficient (Wildman–Crippen LogP) is 10.8. The molecule has 1 spiro atoms. The first-order chi connectivity index (χ1) is 32.5. The molecule has 3 aromatic carbocycles. The van der Waals surface area contributed by atoms with Gasteiger partial charge in [0.1, 0.15) is 23.8 Å². The summed E-state index contributed by atoms with van der Waals surface area (Å²) in [6.45, 7) is 11.7. The monoisotopic (exact) mass is 951 g/mol. The molecule has 5 heterocycles. The van der Waals surface area contributed by atoms with Crippen molar-refractivity contribution in [1.29, 1.82) is 0 Å². The summed E-state index contributed by atoms with van der Waals surface area (Å²) < 4.78 is 72.2. The second-order valence-electron chi connectivity index (χ2n) is 20.9. The van der Waals surface area contributed by atoms with Crippen molar-refractivity contribution in [2.45, 2.75) is 121 Å². The summed E-state index contributed by atoms with van der Waals surface area (Å²) in [4.78, 5) is 36.6. The van der Waals surface area contributed by atoms with E-state index in [9.17, 15) is 27.7 Å². The lowest BCUT2D eigenvalue weighted by molar-refractivity contribution is -0.384. The van der Waals surface area contributed by atoms with Gasteiger partial charge in [-0.05, 0) is 123 Å². The van der Waals surface area contributed by atoms with E-state index in [2.05, 4.69) is 77.0 Å². The Balaban J connectivity index is 0.874. The molecule has 2 saturated heterocycles. The van der Waals surface area contributed by atoms with Crippen LogP contribution in [0, 0.1) is 38.6 Å². The van der Waals surface area contributed by atoms with Gasteiger partial charge in [-0.25, -0.2) is 17.5 Å². The number of benzene rings is 3. The van der Waals surface area contributed by atoms with Gasteiger partial charge in [0.2, 0.25) is 0 Å². The highest BCUT2D eigenvalue weighted by molar-refractivity contribution is 7.90. The molecule has 4 fully saturated rings. The van der Waals surface area contributed by atoms with E-state index in [4.69, 9.17) is 9.47 Å². The zero-order valence-electron chi connectivity index (χ0n) is 38.9. The SMILES string of the molecule is CC(C)c1ccccc1[C@@H]1CCCN1C1CC2(CCN(c3ccc(C(=O)NS(=O)(=O)c4cc5c(c([N+](=O)[O-])c4)N[C@@H](C4CCC(C)(C)CC4)CO5)c(Oc4cc5c(F)c[nH]c5nc4F)c3)CC2)C1. The minimum absolute atomic E-state index is 0.0171. The number of aromatic amines is 1. The number of nitrogens with zero attached hydrogens (tertiary/aromatic N) is 4. The van der Waals surface area contributed by atoms with Gasteiger partial charge in [0.05, 0.1) is 26.8 Å². The van der Waals surface area contributed by atoms with Crippen LogP contribution in [0.5, 0.6) is 17.2 Å². The molecule has 68 heavy (non-hydrogen) atoms. The Morgan fingerprint density at radius 3 is 2.47 bits per heavy atom. The number of H-pyrrole nitrogens is 1. The van der Waals surface area contributed by atoms with Gasteiger partial charge in [0, 0.05) is 55.3 Å². The molecule has 3 aliphatic heterocycles. The highest BCUT2D eigenvalue weighted by atomic mass is 32.2. The summed E-state index contributed by atoms with van der Waals surface area (Å²) in [6.07, 6.45) is 11.4. The molecule has 0 radical (unpaired) electrons. The number of halogens is 2.